The van der Waals surface area contributed by atoms with Gasteiger partial charge in [-0.2, -0.15) is 0 Å². The molecule has 0 fully saturated rings. The molecule has 7 nitrogen and oxygen atoms in total. The first-order chi connectivity index (χ1) is 15.5. The zero-order valence-corrected chi connectivity index (χ0v) is 18.6. The molecule has 0 saturated heterocycles. The van der Waals surface area contributed by atoms with Crippen LogP contribution in [0.4, 0.5) is 5.82 Å². The van der Waals surface area contributed by atoms with Gasteiger partial charge in [0.15, 0.2) is 5.16 Å². The molecule has 2 amide bonds. The third kappa shape index (κ3) is 5.15. The Balaban J connectivity index is 1.41. The van der Waals surface area contributed by atoms with Gasteiger partial charge in [-0.3, -0.25) is 9.59 Å². The summed E-state index contributed by atoms with van der Waals surface area (Å²) in [7, 11) is 1.62. The Morgan fingerprint density at radius 1 is 1.09 bits per heavy atom. The van der Waals surface area contributed by atoms with Gasteiger partial charge >= 0.3 is 0 Å². The maximum absolute atomic E-state index is 13.1. The fourth-order valence-corrected chi connectivity index (χ4v) is 4.17. The van der Waals surface area contributed by atoms with Gasteiger partial charge in [-0.25, -0.2) is 9.97 Å². The lowest BCUT2D eigenvalue weighted by molar-refractivity contribution is -0.116. The number of pyridine rings is 1. The van der Waals surface area contributed by atoms with Crippen molar-refractivity contribution in [3.63, 3.8) is 0 Å². The number of H-pyrrole nitrogens is 1. The maximum atomic E-state index is 13.1. The van der Waals surface area contributed by atoms with E-state index in [9.17, 15) is 9.59 Å². The van der Waals surface area contributed by atoms with E-state index in [1.807, 2.05) is 55.5 Å². The van der Waals surface area contributed by atoms with Crippen molar-refractivity contribution in [2.75, 3.05) is 18.9 Å². The van der Waals surface area contributed by atoms with Crippen LogP contribution in [0.25, 0.3) is 11.0 Å². The van der Waals surface area contributed by atoms with E-state index in [0.29, 0.717) is 17.1 Å². The summed E-state index contributed by atoms with van der Waals surface area (Å²) in [5.74, 6) is 0.541. The molecule has 2 aromatic heterocycles. The highest BCUT2D eigenvalue weighted by atomic mass is 32.2. The number of aromatic nitrogens is 3. The lowest BCUT2D eigenvalue weighted by Crippen LogP contribution is -2.35. The van der Waals surface area contributed by atoms with Crippen LogP contribution in [-0.2, 0) is 10.5 Å². The summed E-state index contributed by atoms with van der Waals surface area (Å²) in [5, 5.41) is 3.53. The Morgan fingerprint density at radius 3 is 2.69 bits per heavy atom. The predicted octanol–water partition coefficient (Wildman–Crippen LogP) is 4.27. The molecule has 2 aromatic carbocycles. The number of para-hydroxylation sites is 2. The quantitative estimate of drug-likeness (QED) is 0.415. The SMILES string of the molecule is Cc1ccnc(NC(=O)CN(C)C(=O)c2ccccc2CSc2nc3ccccc3[nH]2)c1. The number of carbonyl (C=O) groups is 2. The van der Waals surface area contributed by atoms with Crippen LogP contribution in [-0.4, -0.2) is 45.3 Å². The number of amides is 2. The molecule has 0 aliphatic rings. The summed E-state index contributed by atoms with van der Waals surface area (Å²) in [6.07, 6.45) is 1.63. The minimum absolute atomic E-state index is 0.0699. The highest BCUT2D eigenvalue weighted by molar-refractivity contribution is 7.98. The Morgan fingerprint density at radius 2 is 1.88 bits per heavy atom. The zero-order chi connectivity index (χ0) is 22.5. The number of nitrogens with one attached hydrogen (secondary N) is 2. The molecule has 2 heterocycles. The maximum Gasteiger partial charge on any atom is 0.254 e. The molecule has 0 saturated carbocycles. The fraction of sp³-hybridized carbons (Fsp3) is 0.167. The molecule has 162 valence electrons. The topological polar surface area (TPSA) is 91.0 Å². The average molecular weight is 446 g/mol. The van der Waals surface area contributed by atoms with Crippen molar-refractivity contribution in [1.29, 1.82) is 0 Å². The lowest BCUT2D eigenvalue weighted by atomic mass is 10.1. The van der Waals surface area contributed by atoms with E-state index in [1.165, 1.54) is 16.7 Å². The minimum atomic E-state index is -0.298. The standard InChI is InChI=1S/C24H23N5O2S/c1-16-11-12-25-21(13-16)28-22(30)14-29(2)23(31)18-8-4-3-7-17(18)15-32-24-26-19-9-5-6-10-20(19)27-24/h3-13H,14-15H2,1-2H3,(H,26,27)(H,25,28,30). The molecule has 0 aliphatic heterocycles. The zero-order valence-electron chi connectivity index (χ0n) is 17.8. The molecule has 0 spiro atoms. The number of nitrogens with zero attached hydrogens (tertiary/aromatic N) is 3. The molecule has 0 bridgehead atoms. The van der Waals surface area contributed by atoms with Crippen molar-refractivity contribution in [2.45, 2.75) is 17.8 Å². The van der Waals surface area contributed by atoms with E-state index in [0.717, 1.165) is 27.3 Å². The van der Waals surface area contributed by atoms with E-state index >= 15 is 0 Å². The molecule has 32 heavy (non-hydrogen) atoms. The second-order valence-corrected chi connectivity index (χ2v) is 8.40. The van der Waals surface area contributed by atoms with Crippen LogP contribution in [0.5, 0.6) is 0 Å². The Kier molecular flexibility index (Phi) is 6.51. The van der Waals surface area contributed by atoms with Gasteiger partial charge in [0, 0.05) is 24.6 Å². The van der Waals surface area contributed by atoms with E-state index < -0.39 is 0 Å². The van der Waals surface area contributed by atoms with E-state index in [2.05, 4.69) is 20.3 Å². The number of carbonyl (C=O) groups excluding carboxylic acids is 2. The van der Waals surface area contributed by atoms with Crippen LogP contribution in [0.3, 0.4) is 0 Å². The molecular weight excluding hydrogens is 422 g/mol. The molecule has 0 unspecified atom stereocenters. The summed E-state index contributed by atoms with van der Waals surface area (Å²) in [6, 6.07) is 18.9. The van der Waals surface area contributed by atoms with Crippen LogP contribution >= 0.6 is 11.8 Å². The van der Waals surface area contributed by atoms with Gasteiger partial charge in [-0.05, 0) is 48.4 Å². The molecular formula is C24H23N5O2S. The fourth-order valence-electron chi connectivity index (χ4n) is 3.28. The predicted molar refractivity (Wildman–Crippen MR) is 127 cm³/mol. The molecule has 0 aliphatic carbocycles. The monoisotopic (exact) mass is 445 g/mol. The third-order valence-corrected chi connectivity index (χ3v) is 5.81. The van der Waals surface area contributed by atoms with Gasteiger partial charge in [0.05, 0.1) is 17.6 Å². The molecule has 2 N–H and O–H groups in total. The Hall–Kier alpha value is -3.65. The molecule has 0 atom stereocenters. The molecule has 8 heteroatoms. The summed E-state index contributed by atoms with van der Waals surface area (Å²) in [4.78, 5) is 38.8. The Bertz CT molecular complexity index is 1240. The summed E-state index contributed by atoms with van der Waals surface area (Å²) in [6.45, 7) is 1.85. The number of anilines is 1. The van der Waals surface area contributed by atoms with Crippen molar-refractivity contribution in [3.05, 3.63) is 83.6 Å². The number of hydrogen-bond acceptors (Lipinski definition) is 5. The van der Waals surface area contributed by atoms with Gasteiger partial charge in [-0.1, -0.05) is 42.1 Å². The Labute approximate surface area is 190 Å². The smallest absolute Gasteiger partial charge is 0.254 e. The minimum Gasteiger partial charge on any atom is -0.333 e. The number of fused-ring (bicyclic) bond motifs is 1. The van der Waals surface area contributed by atoms with E-state index in [1.54, 1.807) is 25.4 Å². The number of likely N-dealkylation sites (N-methyl/N-ethyl adjacent to an activating group) is 1. The first-order valence-electron chi connectivity index (χ1n) is 10.1. The number of rotatable bonds is 7. The van der Waals surface area contributed by atoms with Crippen molar-refractivity contribution in [3.8, 4) is 0 Å². The summed E-state index contributed by atoms with van der Waals surface area (Å²) in [5.41, 5.74) is 4.34. The highest BCUT2D eigenvalue weighted by Gasteiger charge is 2.18. The van der Waals surface area contributed by atoms with Crippen LogP contribution in [0.2, 0.25) is 0 Å². The number of aryl methyl sites for hydroxylation is 1. The van der Waals surface area contributed by atoms with E-state index in [4.69, 9.17) is 0 Å². The normalized spacial score (nSPS) is 10.8. The van der Waals surface area contributed by atoms with Gasteiger partial charge in [0.2, 0.25) is 5.91 Å². The van der Waals surface area contributed by atoms with Crippen LogP contribution in [0.15, 0.2) is 72.0 Å². The van der Waals surface area contributed by atoms with Crippen LogP contribution in [0.1, 0.15) is 21.5 Å². The number of aromatic amines is 1. The third-order valence-electron chi connectivity index (χ3n) is 4.89. The van der Waals surface area contributed by atoms with Crippen molar-refractivity contribution in [1.82, 2.24) is 19.9 Å². The summed E-state index contributed by atoms with van der Waals surface area (Å²) < 4.78 is 0. The molecule has 4 rings (SSSR count). The van der Waals surface area contributed by atoms with Gasteiger partial charge < -0.3 is 15.2 Å². The van der Waals surface area contributed by atoms with Crippen molar-refractivity contribution < 1.29 is 9.59 Å². The van der Waals surface area contributed by atoms with Gasteiger partial charge in [0.1, 0.15) is 5.82 Å². The number of thioether (sulfide) groups is 1. The van der Waals surface area contributed by atoms with Gasteiger partial charge in [0.25, 0.3) is 5.91 Å². The number of hydrogen-bond donors (Lipinski definition) is 2. The molecule has 0 radical (unpaired) electrons. The largest absolute Gasteiger partial charge is 0.333 e. The van der Waals surface area contributed by atoms with Gasteiger partial charge in [-0.15, -0.1) is 0 Å². The second-order valence-electron chi connectivity index (χ2n) is 7.43. The number of benzene rings is 2. The first-order valence-corrected chi connectivity index (χ1v) is 11.1. The number of imidazole rings is 1. The van der Waals surface area contributed by atoms with Crippen LogP contribution in [0, 0.1) is 6.92 Å². The highest BCUT2D eigenvalue weighted by Crippen LogP contribution is 2.25. The second kappa shape index (κ2) is 9.65. The first kappa shape index (κ1) is 21.6. The van der Waals surface area contributed by atoms with Crippen molar-refractivity contribution >= 4 is 40.4 Å². The molecule has 4 aromatic rings. The lowest BCUT2D eigenvalue weighted by Gasteiger charge is -2.18. The summed E-state index contributed by atoms with van der Waals surface area (Å²) >= 11 is 1.53. The van der Waals surface area contributed by atoms with Crippen molar-refractivity contribution in [2.24, 2.45) is 0 Å². The van der Waals surface area contributed by atoms with Crippen LogP contribution < -0.4 is 5.32 Å². The average Bonchev–Trinajstić information content (AvgIpc) is 3.20. The van der Waals surface area contributed by atoms with E-state index in [-0.39, 0.29) is 18.4 Å².